The molecule has 0 fully saturated rings. The van der Waals surface area contributed by atoms with E-state index in [0.717, 1.165) is 12.1 Å². The van der Waals surface area contributed by atoms with Crippen LogP contribution in [0, 0.1) is 11.3 Å². The largest absolute Gasteiger partial charge is 0.433 e. The zero-order valence-corrected chi connectivity index (χ0v) is 10.2. The zero-order chi connectivity index (χ0) is 14.6. The monoisotopic (exact) mass is 272 g/mol. The van der Waals surface area contributed by atoms with Crippen molar-refractivity contribution in [1.29, 1.82) is 5.26 Å². The Hall–Kier alpha value is -2.30. The molecule has 0 aliphatic carbocycles. The number of hydrogen-bond donors (Lipinski definition) is 1. The molecule has 1 N–H and O–H groups in total. The van der Waals surface area contributed by atoms with Crippen LogP contribution in [-0.2, 0) is 11.0 Å². The topological polar surface area (TPSA) is 69.0 Å². The summed E-state index contributed by atoms with van der Waals surface area (Å²) in [6.45, 7) is -0.195. The maximum atomic E-state index is 12.6. The number of nitrogens with one attached hydrogen (secondary N) is 1. The Morgan fingerprint density at radius 2 is 2.16 bits per heavy atom. The number of likely N-dealkylation sites (N-methyl/N-ethyl adjacent to an activating group) is 2. The van der Waals surface area contributed by atoms with E-state index in [-0.39, 0.29) is 17.9 Å². The van der Waals surface area contributed by atoms with Gasteiger partial charge in [0.05, 0.1) is 12.1 Å². The highest BCUT2D eigenvalue weighted by molar-refractivity contribution is 5.81. The van der Waals surface area contributed by atoms with Gasteiger partial charge in [-0.1, -0.05) is 0 Å². The SMILES string of the molecule is CNC(=O)CN(C)c1nc(C(F)(F)F)ccc1C#N. The second kappa shape index (κ2) is 5.56. The Morgan fingerprint density at radius 3 is 2.63 bits per heavy atom. The fourth-order valence-electron chi connectivity index (χ4n) is 1.35. The summed E-state index contributed by atoms with van der Waals surface area (Å²) in [6, 6.07) is 3.51. The van der Waals surface area contributed by atoms with E-state index in [1.807, 2.05) is 0 Å². The highest BCUT2D eigenvalue weighted by atomic mass is 19.4. The van der Waals surface area contributed by atoms with E-state index < -0.39 is 17.8 Å². The predicted molar refractivity (Wildman–Crippen MR) is 61.3 cm³/mol. The van der Waals surface area contributed by atoms with Crippen LogP contribution in [0.5, 0.6) is 0 Å². The molecule has 0 aliphatic heterocycles. The molecule has 102 valence electrons. The summed E-state index contributed by atoms with van der Waals surface area (Å²) in [5.41, 5.74) is -1.13. The average Bonchev–Trinajstić information content (AvgIpc) is 2.36. The van der Waals surface area contributed by atoms with Crippen molar-refractivity contribution in [3.8, 4) is 6.07 Å². The Morgan fingerprint density at radius 1 is 1.53 bits per heavy atom. The highest BCUT2D eigenvalue weighted by Crippen LogP contribution is 2.30. The van der Waals surface area contributed by atoms with Gasteiger partial charge in [-0.25, -0.2) is 4.98 Å². The van der Waals surface area contributed by atoms with Crippen molar-refractivity contribution in [2.45, 2.75) is 6.18 Å². The lowest BCUT2D eigenvalue weighted by Gasteiger charge is -2.19. The summed E-state index contributed by atoms with van der Waals surface area (Å²) < 4.78 is 37.7. The Kier molecular flexibility index (Phi) is 4.32. The van der Waals surface area contributed by atoms with E-state index in [1.54, 1.807) is 6.07 Å². The van der Waals surface area contributed by atoms with Gasteiger partial charge in [0.1, 0.15) is 17.6 Å². The van der Waals surface area contributed by atoms with E-state index in [9.17, 15) is 18.0 Å². The van der Waals surface area contributed by atoms with Gasteiger partial charge < -0.3 is 10.2 Å². The van der Waals surface area contributed by atoms with E-state index >= 15 is 0 Å². The lowest BCUT2D eigenvalue weighted by molar-refractivity contribution is -0.141. The number of alkyl halides is 3. The first-order chi connectivity index (χ1) is 8.79. The average molecular weight is 272 g/mol. The molecule has 8 heteroatoms. The van der Waals surface area contributed by atoms with Crippen molar-refractivity contribution in [3.05, 3.63) is 23.4 Å². The molecular formula is C11H11F3N4O. The van der Waals surface area contributed by atoms with Gasteiger partial charge in [-0.3, -0.25) is 4.79 Å². The van der Waals surface area contributed by atoms with Crippen molar-refractivity contribution in [3.63, 3.8) is 0 Å². The van der Waals surface area contributed by atoms with Crippen LogP contribution in [-0.4, -0.2) is 31.5 Å². The summed E-state index contributed by atoms with van der Waals surface area (Å²) in [5.74, 6) is -0.577. The Bertz CT molecular complexity index is 522. The number of carbonyl (C=O) groups is 1. The standard InChI is InChI=1S/C11H11F3N4O/c1-16-9(19)6-18(2)10-7(5-15)3-4-8(17-10)11(12,13)14/h3-4H,6H2,1-2H3,(H,16,19). The molecule has 1 aromatic heterocycles. The molecule has 0 aromatic carbocycles. The maximum absolute atomic E-state index is 12.6. The van der Waals surface area contributed by atoms with E-state index in [1.165, 1.54) is 19.0 Å². The minimum absolute atomic E-state index is 0.0283. The third-order valence-electron chi connectivity index (χ3n) is 2.31. The second-order valence-corrected chi connectivity index (χ2v) is 3.71. The molecule has 0 atom stereocenters. The van der Waals surface area contributed by atoms with Gasteiger partial charge in [-0.05, 0) is 12.1 Å². The molecule has 0 unspecified atom stereocenters. The third kappa shape index (κ3) is 3.58. The molecule has 0 radical (unpaired) electrons. The molecule has 0 aliphatic rings. The van der Waals surface area contributed by atoms with Gasteiger partial charge in [-0.15, -0.1) is 0 Å². The molecule has 1 aromatic rings. The number of nitriles is 1. The van der Waals surface area contributed by atoms with Gasteiger partial charge >= 0.3 is 6.18 Å². The summed E-state index contributed by atoms with van der Waals surface area (Å²) in [5, 5.41) is 11.2. The number of carbonyl (C=O) groups excluding carboxylic acids is 1. The zero-order valence-electron chi connectivity index (χ0n) is 10.2. The number of nitrogens with zero attached hydrogens (tertiary/aromatic N) is 3. The first kappa shape index (κ1) is 14.8. The Labute approximate surface area is 107 Å². The maximum Gasteiger partial charge on any atom is 0.433 e. The van der Waals surface area contributed by atoms with Gasteiger partial charge in [-0.2, -0.15) is 18.4 Å². The van der Waals surface area contributed by atoms with Gasteiger partial charge in [0.25, 0.3) is 0 Å². The van der Waals surface area contributed by atoms with Crippen LogP contribution in [0.1, 0.15) is 11.3 Å². The number of pyridine rings is 1. The quantitative estimate of drug-likeness (QED) is 0.896. The molecular weight excluding hydrogens is 261 g/mol. The third-order valence-corrected chi connectivity index (χ3v) is 2.31. The fourth-order valence-corrected chi connectivity index (χ4v) is 1.35. The lowest BCUT2D eigenvalue weighted by Crippen LogP contribution is -2.34. The van der Waals surface area contributed by atoms with E-state index in [0.29, 0.717) is 0 Å². The van der Waals surface area contributed by atoms with Crippen LogP contribution in [0.2, 0.25) is 0 Å². The normalized spacial score (nSPS) is 10.7. The number of aromatic nitrogens is 1. The number of halogens is 3. The van der Waals surface area contributed by atoms with Crippen molar-refractivity contribution in [2.24, 2.45) is 0 Å². The lowest BCUT2D eigenvalue weighted by atomic mass is 10.2. The molecule has 1 amide bonds. The fraction of sp³-hybridized carbons (Fsp3) is 0.364. The van der Waals surface area contributed by atoms with Crippen LogP contribution in [0.15, 0.2) is 12.1 Å². The summed E-state index contributed by atoms with van der Waals surface area (Å²) in [6.07, 6.45) is -4.60. The first-order valence-electron chi connectivity index (χ1n) is 5.19. The molecule has 1 rings (SSSR count). The predicted octanol–water partition coefficient (Wildman–Crippen LogP) is 1.15. The number of anilines is 1. The minimum Gasteiger partial charge on any atom is -0.358 e. The van der Waals surface area contributed by atoms with Crippen LogP contribution in [0.4, 0.5) is 19.0 Å². The smallest absolute Gasteiger partial charge is 0.358 e. The van der Waals surface area contributed by atoms with Crippen LogP contribution >= 0.6 is 0 Å². The summed E-state index contributed by atoms with van der Waals surface area (Å²) in [4.78, 5) is 15.8. The van der Waals surface area contributed by atoms with Crippen molar-refractivity contribution >= 4 is 11.7 Å². The highest BCUT2D eigenvalue weighted by Gasteiger charge is 2.33. The molecule has 0 saturated carbocycles. The number of hydrogen-bond acceptors (Lipinski definition) is 4. The summed E-state index contributed by atoms with van der Waals surface area (Å²) >= 11 is 0. The number of rotatable bonds is 3. The van der Waals surface area contributed by atoms with Crippen LogP contribution in [0.25, 0.3) is 0 Å². The van der Waals surface area contributed by atoms with Crippen molar-refractivity contribution < 1.29 is 18.0 Å². The molecule has 0 saturated heterocycles. The van der Waals surface area contributed by atoms with Crippen LogP contribution < -0.4 is 10.2 Å². The first-order valence-corrected chi connectivity index (χ1v) is 5.19. The number of amides is 1. The molecule has 0 bridgehead atoms. The van der Waals surface area contributed by atoms with Gasteiger partial charge in [0.2, 0.25) is 5.91 Å². The van der Waals surface area contributed by atoms with Gasteiger partial charge in [0.15, 0.2) is 0 Å². The summed E-state index contributed by atoms with van der Waals surface area (Å²) in [7, 11) is 2.79. The van der Waals surface area contributed by atoms with Crippen molar-refractivity contribution in [2.75, 3.05) is 25.5 Å². The van der Waals surface area contributed by atoms with E-state index in [4.69, 9.17) is 5.26 Å². The van der Waals surface area contributed by atoms with E-state index in [2.05, 4.69) is 10.3 Å². The molecule has 0 spiro atoms. The minimum atomic E-state index is -4.60. The second-order valence-electron chi connectivity index (χ2n) is 3.71. The van der Waals surface area contributed by atoms with Gasteiger partial charge in [0, 0.05) is 14.1 Å². The molecule has 1 heterocycles. The molecule has 19 heavy (non-hydrogen) atoms. The molecule has 5 nitrogen and oxygen atoms in total. The van der Waals surface area contributed by atoms with Crippen LogP contribution in [0.3, 0.4) is 0 Å². The van der Waals surface area contributed by atoms with Crippen molar-refractivity contribution in [1.82, 2.24) is 10.3 Å². The Balaban J connectivity index is 3.17.